The lowest BCUT2D eigenvalue weighted by atomic mass is 9.86. The van der Waals surface area contributed by atoms with Gasteiger partial charge in [0.05, 0.1) is 0 Å². The Labute approximate surface area is 156 Å². The molecule has 1 N–H and O–H groups in total. The number of carbonyl (C=O) groups is 2. The van der Waals surface area contributed by atoms with Gasteiger partial charge in [-0.25, -0.2) is 9.78 Å². The first-order valence-electron chi connectivity index (χ1n) is 9.89. The Bertz CT molecular complexity index is 620. The minimum absolute atomic E-state index is 0.138. The predicted octanol–water partition coefficient (Wildman–Crippen LogP) is 3.43. The first kappa shape index (κ1) is 18.7. The Morgan fingerprint density at radius 3 is 2.50 bits per heavy atom. The number of carbonyl (C=O) groups excluding carboxylic acids is 2. The number of hydrogen-bond acceptors (Lipinski definition) is 3. The molecule has 0 atom stereocenters. The van der Waals surface area contributed by atoms with E-state index in [4.69, 9.17) is 0 Å². The summed E-state index contributed by atoms with van der Waals surface area (Å²) >= 11 is 0. The lowest BCUT2D eigenvalue weighted by molar-refractivity contribution is -0.132. The predicted molar refractivity (Wildman–Crippen MR) is 102 cm³/mol. The Hall–Kier alpha value is -2.11. The van der Waals surface area contributed by atoms with E-state index in [0.29, 0.717) is 38.4 Å². The number of nitrogens with zero attached hydrogens (tertiary/aromatic N) is 3. The van der Waals surface area contributed by atoms with Crippen molar-refractivity contribution in [3.63, 3.8) is 0 Å². The maximum absolute atomic E-state index is 12.4. The molecule has 0 spiro atoms. The minimum Gasteiger partial charge on any atom is -0.339 e. The van der Waals surface area contributed by atoms with Gasteiger partial charge >= 0.3 is 6.03 Å². The lowest BCUT2D eigenvalue weighted by Crippen LogP contribution is -2.51. The highest BCUT2D eigenvalue weighted by atomic mass is 16.2. The van der Waals surface area contributed by atoms with Crippen LogP contribution in [0.2, 0.25) is 0 Å². The van der Waals surface area contributed by atoms with E-state index >= 15 is 0 Å². The van der Waals surface area contributed by atoms with Gasteiger partial charge in [0, 0.05) is 38.8 Å². The van der Waals surface area contributed by atoms with Gasteiger partial charge in [-0.15, -0.1) is 0 Å². The summed E-state index contributed by atoms with van der Waals surface area (Å²) in [6.07, 6.45) is 9.92. The average molecular weight is 358 g/mol. The largest absolute Gasteiger partial charge is 0.339 e. The molecule has 2 fully saturated rings. The number of hydrogen-bond donors (Lipinski definition) is 1. The van der Waals surface area contributed by atoms with E-state index in [2.05, 4.69) is 10.3 Å². The van der Waals surface area contributed by atoms with Gasteiger partial charge in [-0.05, 0) is 30.9 Å². The molecule has 1 aromatic heterocycles. The van der Waals surface area contributed by atoms with Crippen LogP contribution in [0.25, 0.3) is 0 Å². The fourth-order valence-corrected chi connectivity index (χ4v) is 3.92. The van der Waals surface area contributed by atoms with Gasteiger partial charge < -0.3 is 9.80 Å². The number of piperazine rings is 1. The van der Waals surface area contributed by atoms with Gasteiger partial charge in [0.25, 0.3) is 0 Å². The first-order valence-corrected chi connectivity index (χ1v) is 9.89. The number of urea groups is 1. The summed E-state index contributed by atoms with van der Waals surface area (Å²) in [5.41, 5.74) is 0.942. The van der Waals surface area contributed by atoms with Crippen LogP contribution in [-0.4, -0.2) is 52.9 Å². The second kappa shape index (κ2) is 9.01. The molecule has 3 amide bonds. The van der Waals surface area contributed by atoms with Gasteiger partial charge in [0.1, 0.15) is 5.82 Å². The number of rotatable bonds is 4. The van der Waals surface area contributed by atoms with Crippen LogP contribution in [0, 0.1) is 12.8 Å². The summed E-state index contributed by atoms with van der Waals surface area (Å²) in [4.78, 5) is 32.7. The molecule has 1 saturated heterocycles. The van der Waals surface area contributed by atoms with Crippen molar-refractivity contribution in [2.24, 2.45) is 5.92 Å². The zero-order valence-electron chi connectivity index (χ0n) is 15.7. The van der Waals surface area contributed by atoms with Crippen molar-refractivity contribution in [2.45, 2.75) is 51.9 Å². The second-order valence-electron chi connectivity index (χ2n) is 7.51. The Kier molecular flexibility index (Phi) is 6.47. The maximum Gasteiger partial charge on any atom is 0.323 e. The molecule has 6 nitrogen and oxygen atoms in total. The Morgan fingerprint density at radius 2 is 1.81 bits per heavy atom. The highest BCUT2D eigenvalue weighted by Crippen LogP contribution is 2.27. The van der Waals surface area contributed by atoms with Crippen molar-refractivity contribution in [3.8, 4) is 0 Å². The Morgan fingerprint density at radius 1 is 1.12 bits per heavy atom. The summed E-state index contributed by atoms with van der Waals surface area (Å²) < 4.78 is 0. The molecule has 1 aliphatic carbocycles. The number of amides is 3. The molecule has 26 heavy (non-hydrogen) atoms. The van der Waals surface area contributed by atoms with E-state index in [9.17, 15) is 9.59 Å². The van der Waals surface area contributed by atoms with E-state index < -0.39 is 0 Å². The van der Waals surface area contributed by atoms with Crippen LogP contribution < -0.4 is 5.32 Å². The molecule has 2 heterocycles. The highest BCUT2D eigenvalue weighted by Gasteiger charge is 2.25. The van der Waals surface area contributed by atoms with Crippen LogP contribution in [-0.2, 0) is 4.79 Å². The van der Waals surface area contributed by atoms with Crippen LogP contribution in [0.15, 0.2) is 18.3 Å². The summed E-state index contributed by atoms with van der Waals surface area (Å²) in [5, 5.41) is 2.86. The van der Waals surface area contributed by atoms with Crippen molar-refractivity contribution in [2.75, 3.05) is 31.5 Å². The number of aromatic nitrogens is 1. The fourth-order valence-electron chi connectivity index (χ4n) is 3.92. The zero-order chi connectivity index (χ0) is 18.4. The third kappa shape index (κ3) is 4.96. The lowest BCUT2D eigenvalue weighted by Gasteiger charge is -2.35. The van der Waals surface area contributed by atoms with Crippen LogP contribution in [0.4, 0.5) is 10.6 Å². The summed E-state index contributed by atoms with van der Waals surface area (Å²) in [7, 11) is 0. The summed E-state index contributed by atoms with van der Waals surface area (Å²) in [5.74, 6) is 1.58. The molecule has 0 radical (unpaired) electrons. The minimum atomic E-state index is -0.138. The quantitative estimate of drug-likeness (QED) is 0.897. The monoisotopic (exact) mass is 358 g/mol. The van der Waals surface area contributed by atoms with Gasteiger partial charge in [0.2, 0.25) is 5.91 Å². The molecule has 3 rings (SSSR count). The first-order chi connectivity index (χ1) is 12.6. The standard InChI is InChI=1S/C20H30N4O2/c1-16-6-5-11-21-19(16)22-20(26)24-14-12-23(13-15-24)18(25)10-9-17-7-3-2-4-8-17/h5-6,11,17H,2-4,7-10,12-15H2,1H3,(H,21,22,26). The zero-order valence-corrected chi connectivity index (χ0v) is 15.7. The number of pyridine rings is 1. The van der Waals surface area contributed by atoms with E-state index in [0.717, 1.165) is 17.9 Å². The van der Waals surface area contributed by atoms with Crippen LogP contribution in [0.3, 0.4) is 0 Å². The molecule has 1 aromatic rings. The molecular formula is C20H30N4O2. The molecule has 142 valence electrons. The molecule has 6 heteroatoms. The molecule has 1 saturated carbocycles. The average Bonchev–Trinajstić information content (AvgIpc) is 2.69. The van der Waals surface area contributed by atoms with Crippen molar-refractivity contribution in [3.05, 3.63) is 23.9 Å². The molecule has 0 unspecified atom stereocenters. The smallest absolute Gasteiger partial charge is 0.323 e. The van der Waals surface area contributed by atoms with E-state index in [-0.39, 0.29) is 11.9 Å². The van der Waals surface area contributed by atoms with Gasteiger partial charge in [-0.2, -0.15) is 0 Å². The van der Waals surface area contributed by atoms with Crippen LogP contribution in [0.5, 0.6) is 0 Å². The SMILES string of the molecule is Cc1cccnc1NC(=O)N1CCN(C(=O)CCC2CCCCC2)CC1. The third-order valence-electron chi connectivity index (χ3n) is 5.65. The molecule has 0 aromatic carbocycles. The fraction of sp³-hybridized carbons (Fsp3) is 0.650. The maximum atomic E-state index is 12.4. The third-order valence-corrected chi connectivity index (χ3v) is 5.65. The Balaban J connectivity index is 1.41. The topological polar surface area (TPSA) is 65.5 Å². The van der Waals surface area contributed by atoms with E-state index in [1.54, 1.807) is 11.1 Å². The van der Waals surface area contributed by atoms with Crippen molar-refractivity contribution >= 4 is 17.8 Å². The van der Waals surface area contributed by atoms with Crippen molar-refractivity contribution in [1.29, 1.82) is 0 Å². The number of nitrogens with one attached hydrogen (secondary N) is 1. The molecule has 2 aliphatic rings. The van der Waals surface area contributed by atoms with Crippen LogP contribution >= 0.6 is 0 Å². The van der Waals surface area contributed by atoms with Gasteiger partial charge in [-0.3, -0.25) is 10.1 Å². The molecule has 1 aliphatic heterocycles. The highest BCUT2D eigenvalue weighted by molar-refractivity contribution is 5.89. The number of anilines is 1. The van der Waals surface area contributed by atoms with Crippen LogP contribution in [0.1, 0.15) is 50.5 Å². The summed E-state index contributed by atoms with van der Waals surface area (Å²) in [6.45, 7) is 4.32. The normalized spacial score (nSPS) is 18.7. The second-order valence-corrected chi connectivity index (χ2v) is 7.51. The summed E-state index contributed by atoms with van der Waals surface area (Å²) in [6, 6.07) is 3.63. The van der Waals surface area contributed by atoms with Crippen molar-refractivity contribution in [1.82, 2.24) is 14.8 Å². The van der Waals surface area contributed by atoms with E-state index in [1.807, 2.05) is 24.0 Å². The number of aryl methyl sites for hydroxylation is 1. The van der Waals surface area contributed by atoms with Crippen molar-refractivity contribution < 1.29 is 9.59 Å². The molecular weight excluding hydrogens is 328 g/mol. The van der Waals surface area contributed by atoms with E-state index in [1.165, 1.54) is 32.1 Å². The van der Waals surface area contributed by atoms with Gasteiger partial charge in [-0.1, -0.05) is 38.2 Å². The molecule has 0 bridgehead atoms. The van der Waals surface area contributed by atoms with Gasteiger partial charge in [0.15, 0.2) is 0 Å².